The van der Waals surface area contributed by atoms with Crippen LogP contribution in [-0.2, 0) is 0 Å². The first-order chi connectivity index (χ1) is 5.60. The van der Waals surface area contributed by atoms with Crippen molar-refractivity contribution in [3.8, 4) is 0 Å². The minimum Gasteiger partial charge on any atom is -0.399 e. The van der Waals surface area contributed by atoms with Crippen LogP contribution in [0.2, 0.25) is 0 Å². The second kappa shape index (κ2) is 5.90. The van der Waals surface area contributed by atoms with Crippen LogP contribution in [0.25, 0.3) is 0 Å². The molecule has 2 heteroatoms. The topological polar surface area (TPSA) is 26.0 Å². The van der Waals surface area contributed by atoms with Crippen LogP contribution in [0.3, 0.4) is 0 Å². The number of allylic oxidation sites excluding steroid dienone is 5. The molecule has 0 radical (unpaired) electrons. The zero-order chi connectivity index (χ0) is 9.56. The third-order valence-corrected chi connectivity index (χ3v) is 1.88. The Morgan fingerprint density at radius 3 is 2.42 bits per heavy atom. The first-order valence-corrected chi connectivity index (χ1v) is 4.44. The molecule has 0 heterocycles. The van der Waals surface area contributed by atoms with Crippen molar-refractivity contribution < 1.29 is 0 Å². The van der Waals surface area contributed by atoms with Crippen molar-refractivity contribution in [2.24, 2.45) is 5.73 Å². The SMILES string of the molecule is C\C=C(Cl)/C=C(N)\C=C(/C)CC. The van der Waals surface area contributed by atoms with Gasteiger partial charge in [-0.15, -0.1) is 0 Å². The van der Waals surface area contributed by atoms with Crippen molar-refractivity contribution in [2.45, 2.75) is 27.2 Å². The summed E-state index contributed by atoms with van der Waals surface area (Å²) >= 11 is 5.76. The zero-order valence-corrected chi connectivity index (χ0v) is 8.65. The Labute approximate surface area is 79.6 Å². The normalized spacial score (nSPS) is 15.2. The first-order valence-electron chi connectivity index (χ1n) is 4.06. The molecule has 0 unspecified atom stereocenters. The van der Waals surface area contributed by atoms with Crippen LogP contribution < -0.4 is 5.73 Å². The molecule has 0 aromatic carbocycles. The van der Waals surface area contributed by atoms with Crippen molar-refractivity contribution >= 4 is 11.6 Å². The molecule has 0 aliphatic carbocycles. The van der Waals surface area contributed by atoms with Crippen LogP contribution in [0.1, 0.15) is 27.2 Å². The summed E-state index contributed by atoms with van der Waals surface area (Å²) in [6.07, 6.45) is 6.51. The molecule has 68 valence electrons. The van der Waals surface area contributed by atoms with Gasteiger partial charge in [0.25, 0.3) is 0 Å². The summed E-state index contributed by atoms with van der Waals surface area (Å²) in [5.41, 5.74) is 7.65. The Balaban J connectivity index is 4.40. The fourth-order valence-electron chi connectivity index (χ4n) is 0.671. The lowest BCUT2D eigenvalue weighted by Crippen LogP contribution is -1.93. The highest BCUT2D eigenvalue weighted by molar-refractivity contribution is 6.31. The van der Waals surface area contributed by atoms with Crippen molar-refractivity contribution in [1.29, 1.82) is 0 Å². The maximum Gasteiger partial charge on any atom is 0.0383 e. The molecule has 0 aromatic heterocycles. The van der Waals surface area contributed by atoms with Crippen LogP contribution in [-0.4, -0.2) is 0 Å². The van der Waals surface area contributed by atoms with E-state index in [4.69, 9.17) is 17.3 Å². The average Bonchev–Trinajstić information content (AvgIpc) is 2.03. The summed E-state index contributed by atoms with van der Waals surface area (Å²) in [6, 6.07) is 0. The number of hydrogen-bond acceptors (Lipinski definition) is 1. The van der Waals surface area contributed by atoms with E-state index in [0.717, 1.165) is 6.42 Å². The molecule has 0 amide bonds. The van der Waals surface area contributed by atoms with E-state index < -0.39 is 0 Å². The van der Waals surface area contributed by atoms with Crippen LogP contribution in [0.15, 0.2) is 34.5 Å². The lowest BCUT2D eigenvalue weighted by atomic mass is 10.2. The van der Waals surface area contributed by atoms with Crippen molar-refractivity contribution in [3.63, 3.8) is 0 Å². The predicted octanol–water partition coefficient (Wildman–Crippen LogP) is 3.33. The van der Waals surface area contributed by atoms with Gasteiger partial charge in [-0.05, 0) is 32.4 Å². The maximum absolute atomic E-state index is 5.76. The van der Waals surface area contributed by atoms with E-state index in [1.807, 2.05) is 26.0 Å². The number of halogens is 1. The van der Waals surface area contributed by atoms with Crippen molar-refractivity contribution in [3.05, 3.63) is 34.5 Å². The molecule has 0 aliphatic heterocycles. The molecular formula is C10H16ClN. The summed E-state index contributed by atoms with van der Waals surface area (Å²) in [5.74, 6) is 0. The molecule has 0 aliphatic rings. The van der Waals surface area contributed by atoms with Gasteiger partial charge in [0.05, 0.1) is 0 Å². The first kappa shape index (κ1) is 11.3. The van der Waals surface area contributed by atoms with Crippen molar-refractivity contribution in [2.75, 3.05) is 0 Å². The fraction of sp³-hybridized carbons (Fsp3) is 0.400. The van der Waals surface area contributed by atoms with Gasteiger partial charge in [-0.1, -0.05) is 30.2 Å². The van der Waals surface area contributed by atoms with E-state index in [-0.39, 0.29) is 0 Å². The molecule has 0 aromatic rings. The van der Waals surface area contributed by atoms with E-state index in [1.165, 1.54) is 5.57 Å². The van der Waals surface area contributed by atoms with Crippen LogP contribution in [0.4, 0.5) is 0 Å². The van der Waals surface area contributed by atoms with E-state index in [0.29, 0.717) is 10.7 Å². The van der Waals surface area contributed by atoms with Gasteiger partial charge in [-0.2, -0.15) is 0 Å². The molecular weight excluding hydrogens is 170 g/mol. The van der Waals surface area contributed by atoms with Gasteiger partial charge in [-0.25, -0.2) is 0 Å². The number of nitrogens with two attached hydrogens (primary N) is 1. The Bertz CT molecular complexity index is 224. The summed E-state index contributed by atoms with van der Waals surface area (Å²) in [4.78, 5) is 0. The summed E-state index contributed by atoms with van der Waals surface area (Å²) < 4.78 is 0. The molecule has 12 heavy (non-hydrogen) atoms. The van der Waals surface area contributed by atoms with Gasteiger partial charge in [-0.3, -0.25) is 0 Å². The van der Waals surface area contributed by atoms with Gasteiger partial charge >= 0.3 is 0 Å². The lowest BCUT2D eigenvalue weighted by Gasteiger charge is -1.96. The third kappa shape index (κ3) is 5.03. The summed E-state index contributed by atoms with van der Waals surface area (Å²) in [5, 5.41) is 0.674. The molecule has 0 saturated heterocycles. The quantitative estimate of drug-likeness (QED) is 0.671. The maximum atomic E-state index is 5.76. The van der Waals surface area contributed by atoms with Crippen LogP contribution in [0, 0.1) is 0 Å². The molecule has 2 N–H and O–H groups in total. The Morgan fingerprint density at radius 2 is 2.00 bits per heavy atom. The highest BCUT2D eigenvalue weighted by atomic mass is 35.5. The largest absolute Gasteiger partial charge is 0.399 e. The Kier molecular flexibility index (Phi) is 5.56. The number of hydrogen-bond donors (Lipinski definition) is 1. The van der Waals surface area contributed by atoms with Crippen LogP contribution in [0.5, 0.6) is 0 Å². The minimum absolute atomic E-state index is 0.674. The molecule has 0 fully saturated rings. The smallest absolute Gasteiger partial charge is 0.0383 e. The average molecular weight is 186 g/mol. The van der Waals surface area contributed by atoms with Gasteiger partial charge in [0.1, 0.15) is 0 Å². The third-order valence-electron chi connectivity index (χ3n) is 1.55. The van der Waals surface area contributed by atoms with E-state index in [9.17, 15) is 0 Å². The molecule has 0 rings (SSSR count). The Hall–Kier alpha value is -0.690. The fourth-order valence-corrected chi connectivity index (χ4v) is 0.797. The van der Waals surface area contributed by atoms with E-state index >= 15 is 0 Å². The summed E-state index contributed by atoms with van der Waals surface area (Å²) in [6.45, 7) is 6.02. The second-order valence-corrected chi connectivity index (χ2v) is 3.10. The second-order valence-electron chi connectivity index (χ2n) is 2.66. The Morgan fingerprint density at radius 1 is 1.42 bits per heavy atom. The van der Waals surface area contributed by atoms with Gasteiger partial charge < -0.3 is 5.73 Å². The van der Waals surface area contributed by atoms with E-state index in [1.54, 1.807) is 6.08 Å². The molecule has 0 bridgehead atoms. The van der Waals surface area contributed by atoms with Gasteiger partial charge in [0.15, 0.2) is 0 Å². The number of rotatable bonds is 3. The summed E-state index contributed by atoms with van der Waals surface area (Å²) in [7, 11) is 0. The van der Waals surface area contributed by atoms with E-state index in [2.05, 4.69) is 6.92 Å². The lowest BCUT2D eigenvalue weighted by molar-refractivity contribution is 1.09. The molecule has 0 saturated carbocycles. The predicted molar refractivity (Wildman–Crippen MR) is 55.9 cm³/mol. The molecule has 1 nitrogen and oxygen atoms in total. The van der Waals surface area contributed by atoms with Crippen molar-refractivity contribution in [1.82, 2.24) is 0 Å². The highest BCUT2D eigenvalue weighted by Gasteiger charge is 1.88. The van der Waals surface area contributed by atoms with Gasteiger partial charge in [0, 0.05) is 10.7 Å². The monoisotopic (exact) mass is 185 g/mol. The molecule has 0 atom stereocenters. The minimum atomic E-state index is 0.674. The van der Waals surface area contributed by atoms with Gasteiger partial charge in [0.2, 0.25) is 0 Å². The van der Waals surface area contributed by atoms with Crippen LogP contribution >= 0.6 is 11.6 Å². The standard InChI is InChI=1S/C10H16ClN/c1-4-8(3)6-10(12)7-9(11)5-2/h5-7H,4,12H2,1-3H3/b8-6+,9-5+,10-7+. The highest BCUT2D eigenvalue weighted by Crippen LogP contribution is 2.07. The zero-order valence-electron chi connectivity index (χ0n) is 7.89. The molecule has 0 spiro atoms.